The van der Waals surface area contributed by atoms with E-state index in [0.717, 1.165) is 11.1 Å². The predicted octanol–water partition coefficient (Wildman–Crippen LogP) is 4.84. The van der Waals surface area contributed by atoms with Crippen LogP contribution in [-0.2, 0) is 14.3 Å². The van der Waals surface area contributed by atoms with Gasteiger partial charge in [0.15, 0.2) is 17.5 Å². The van der Waals surface area contributed by atoms with Gasteiger partial charge in [-0.15, -0.1) is 0 Å². The highest BCUT2D eigenvalue weighted by Crippen LogP contribution is 2.33. The first-order chi connectivity index (χ1) is 17.6. The van der Waals surface area contributed by atoms with E-state index in [0.29, 0.717) is 34.5 Å². The van der Waals surface area contributed by atoms with Crippen molar-refractivity contribution in [2.45, 2.75) is 13.0 Å². The molecule has 0 amide bonds. The number of nitrogens with zero attached hydrogens (tertiary/aromatic N) is 3. The molecule has 8 nitrogen and oxygen atoms in total. The van der Waals surface area contributed by atoms with Gasteiger partial charge in [-0.3, -0.25) is 4.79 Å². The van der Waals surface area contributed by atoms with Crippen LogP contribution in [0.15, 0.2) is 78.9 Å². The van der Waals surface area contributed by atoms with Crippen molar-refractivity contribution in [3.05, 3.63) is 78.9 Å². The molecule has 0 saturated carbocycles. The Morgan fingerprint density at radius 1 is 0.778 bits per heavy atom. The average molecular weight is 486 g/mol. The second-order valence-corrected chi connectivity index (χ2v) is 7.87. The van der Waals surface area contributed by atoms with Crippen LogP contribution in [0.4, 0.5) is 0 Å². The second-order valence-electron chi connectivity index (χ2n) is 7.87. The van der Waals surface area contributed by atoms with Crippen LogP contribution in [0, 0.1) is 0 Å². The fraction of sp³-hybridized carbons (Fsp3) is 0.214. The number of hydrogen-bond acceptors (Lipinski definition) is 8. The largest absolute Gasteiger partial charge is 0.496 e. The summed E-state index contributed by atoms with van der Waals surface area (Å²) in [5.41, 5.74) is 2.47. The lowest BCUT2D eigenvalue weighted by molar-refractivity contribution is -0.145. The summed E-state index contributed by atoms with van der Waals surface area (Å²) in [6.45, 7) is 1.66. The number of aromatic nitrogens is 3. The standard InChI is InChI=1S/C28H27N3O5/c1-19(32)35-17-23(33-2)18-36-22-14-15-24(25(16-22)34-3)28-30-26(20-10-6-4-7-11-20)29-27(31-28)21-12-8-5-9-13-21/h4-16,23H,17-18H2,1-3H3. The predicted molar refractivity (Wildman–Crippen MR) is 136 cm³/mol. The van der Waals surface area contributed by atoms with Crippen molar-refractivity contribution in [3.63, 3.8) is 0 Å². The van der Waals surface area contributed by atoms with Gasteiger partial charge >= 0.3 is 5.97 Å². The van der Waals surface area contributed by atoms with Crippen LogP contribution in [0.25, 0.3) is 34.2 Å². The van der Waals surface area contributed by atoms with Gasteiger partial charge in [-0.2, -0.15) is 0 Å². The van der Waals surface area contributed by atoms with E-state index in [2.05, 4.69) is 0 Å². The summed E-state index contributed by atoms with van der Waals surface area (Å²) in [4.78, 5) is 25.3. The Morgan fingerprint density at radius 2 is 1.36 bits per heavy atom. The van der Waals surface area contributed by atoms with Crippen molar-refractivity contribution >= 4 is 5.97 Å². The zero-order chi connectivity index (χ0) is 25.3. The van der Waals surface area contributed by atoms with E-state index >= 15 is 0 Å². The Kier molecular flexibility index (Phi) is 8.20. The van der Waals surface area contributed by atoms with Crippen LogP contribution in [-0.4, -0.2) is 54.5 Å². The molecular weight excluding hydrogens is 458 g/mol. The molecule has 0 bridgehead atoms. The van der Waals surface area contributed by atoms with E-state index in [-0.39, 0.29) is 19.2 Å². The molecule has 4 aromatic rings. The third-order valence-electron chi connectivity index (χ3n) is 5.35. The number of rotatable bonds is 10. The minimum absolute atomic E-state index is 0.108. The molecule has 0 N–H and O–H groups in total. The molecule has 36 heavy (non-hydrogen) atoms. The lowest BCUT2D eigenvalue weighted by Gasteiger charge is -2.17. The van der Waals surface area contributed by atoms with Gasteiger partial charge in [0.1, 0.15) is 30.8 Å². The Morgan fingerprint density at radius 3 is 1.89 bits per heavy atom. The minimum Gasteiger partial charge on any atom is -0.496 e. The quantitative estimate of drug-likeness (QED) is 0.295. The lowest BCUT2D eigenvalue weighted by atomic mass is 10.1. The van der Waals surface area contributed by atoms with Crippen LogP contribution in [0.2, 0.25) is 0 Å². The van der Waals surface area contributed by atoms with Crippen LogP contribution < -0.4 is 9.47 Å². The molecule has 4 rings (SSSR count). The maximum absolute atomic E-state index is 11.1. The topological polar surface area (TPSA) is 92.7 Å². The van der Waals surface area contributed by atoms with E-state index < -0.39 is 6.10 Å². The van der Waals surface area contributed by atoms with Gasteiger partial charge in [0.25, 0.3) is 0 Å². The van der Waals surface area contributed by atoms with E-state index in [1.165, 1.54) is 14.0 Å². The number of esters is 1. The van der Waals surface area contributed by atoms with E-state index in [4.69, 9.17) is 33.9 Å². The summed E-state index contributed by atoms with van der Waals surface area (Å²) in [6, 6.07) is 25.0. The Balaban J connectivity index is 1.67. The highest BCUT2D eigenvalue weighted by atomic mass is 16.6. The van der Waals surface area contributed by atoms with Crippen LogP contribution in [0.3, 0.4) is 0 Å². The van der Waals surface area contributed by atoms with Gasteiger partial charge < -0.3 is 18.9 Å². The summed E-state index contributed by atoms with van der Waals surface area (Å²) in [6.07, 6.45) is -0.398. The fourth-order valence-electron chi connectivity index (χ4n) is 3.46. The fourth-order valence-corrected chi connectivity index (χ4v) is 3.46. The molecule has 8 heteroatoms. The van der Waals surface area contributed by atoms with Gasteiger partial charge in [-0.1, -0.05) is 60.7 Å². The van der Waals surface area contributed by atoms with Crippen molar-refractivity contribution in [1.82, 2.24) is 15.0 Å². The number of benzene rings is 3. The number of carbonyl (C=O) groups is 1. The zero-order valence-corrected chi connectivity index (χ0v) is 20.4. The zero-order valence-electron chi connectivity index (χ0n) is 20.4. The molecule has 1 heterocycles. The first-order valence-corrected chi connectivity index (χ1v) is 11.4. The third-order valence-corrected chi connectivity index (χ3v) is 5.35. The highest BCUT2D eigenvalue weighted by Gasteiger charge is 2.17. The molecule has 0 aliphatic heterocycles. The number of hydrogen-bond donors (Lipinski definition) is 0. The summed E-state index contributed by atoms with van der Waals surface area (Å²) < 4.78 is 21.9. The maximum Gasteiger partial charge on any atom is 0.302 e. The summed E-state index contributed by atoms with van der Waals surface area (Å²) >= 11 is 0. The number of methoxy groups -OCH3 is 2. The molecule has 0 spiro atoms. The van der Waals surface area contributed by atoms with Gasteiger partial charge in [-0.25, -0.2) is 15.0 Å². The molecule has 0 saturated heterocycles. The number of carbonyl (C=O) groups excluding carboxylic acids is 1. The Labute approximate surface area is 209 Å². The molecule has 3 aromatic carbocycles. The molecule has 1 unspecified atom stereocenters. The first-order valence-electron chi connectivity index (χ1n) is 11.4. The summed E-state index contributed by atoms with van der Waals surface area (Å²) in [7, 11) is 3.12. The van der Waals surface area contributed by atoms with Gasteiger partial charge in [-0.05, 0) is 12.1 Å². The highest BCUT2D eigenvalue weighted by molar-refractivity contribution is 5.70. The molecule has 1 atom stereocenters. The van der Waals surface area contributed by atoms with E-state index in [1.54, 1.807) is 13.2 Å². The van der Waals surface area contributed by atoms with Crippen LogP contribution in [0.5, 0.6) is 11.5 Å². The van der Waals surface area contributed by atoms with Gasteiger partial charge in [0.2, 0.25) is 0 Å². The molecule has 184 valence electrons. The lowest BCUT2D eigenvalue weighted by Crippen LogP contribution is -2.26. The van der Waals surface area contributed by atoms with E-state index in [9.17, 15) is 4.79 Å². The molecular formula is C28H27N3O5. The molecule has 1 aromatic heterocycles. The third kappa shape index (κ3) is 6.22. The smallest absolute Gasteiger partial charge is 0.302 e. The van der Waals surface area contributed by atoms with Crippen molar-refractivity contribution in [2.24, 2.45) is 0 Å². The molecule has 0 fully saturated rings. The molecule has 0 aliphatic carbocycles. The minimum atomic E-state index is -0.398. The van der Waals surface area contributed by atoms with Crippen LogP contribution in [0.1, 0.15) is 6.92 Å². The SMILES string of the molecule is COc1cc(OCC(COC(C)=O)OC)ccc1-c1nc(-c2ccccc2)nc(-c2ccccc2)n1. The van der Waals surface area contributed by atoms with Crippen LogP contribution >= 0.6 is 0 Å². The van der Waals surface area contributed by atoms with Crippen molar-refractivity contribution in [3.8, 4) is 45.7 Å². The maximum atomic E-state index is 11.1. The monoisotopic (exact) mass is 485 g/mol. The Hall–Kier alpha value is -4.30. The van der Waals surface area contributed by atoms with Gasteiger partial charge in [0, 0.05) is 31.2 Å². The average Bonchev–Trinajstić information content (AvgIpc) is 2.93. The molecule has 0 aliphatic rings. The first kappa shape index (κ1) is 24.8. The Bertz CT molecular complexity index is 1240. The summed E-state index contributed by atoms with van der Waals surface area (Å²) in [5.74, 6) is 2.36. The van der Waals surface area contributed by atoms with E-state index in [1.807, 2.05) is 72.8 Å². The van der Waals surface area contributed by atoms with Crippen molar-refractivity contribution in [2.75, 3.05) is 27.4 Å². The molecule has 0 radical (unpaired) electrons. The normalized spacial score (nSPS) is 11.5. The second kappa shape index (κ2) is 11.9. The van der Waals surface area contributed by atoms with Crippen molar-refractivity contribution in [1.29, 1.82) is 0 Å². The number of ether oxygens (including phenoxy) is 4. The summed E-state index contributed by atoms with van der Waals surface area (Å²) in [5, 5.41) is 0. The van der Waals surface area contributed by atoms with Crippen molar-refractivity contribution < 1.29 is 23.7 Å². The van der Waals surface area contributed by atoms with Gasteiger partial charge in [0.05, 0.1) is 12.7 Å².